The Morgan fingerprint density at radius 2 is 1.88 bits per heavy atom. The molecule has 1 aliphatic rings. The molecule has 7 nitrogen and oxygen atoms in total. The number of imidazole rings is 1. The summed E-state index contributed by atoms with van der Waals surface area (Å²) in [7, 11) is 0. The summed E-state index contributed by atoms with van der Waals surface area (Å²) in [5.41, 5.74) is 12.6. The Hall–Kier alpha value is -4.17. The largest absolute Gasteiger partial charge is 0.397 e. The fraction of sp³-hybridized carbons (Fsp3) is 0.115. The van der Waals surface area contributed by atoms with E-state index in [0.717, 1.165) is 27.9 Å². The van der Waals surface area contributed by atoms with E-state index in [9.17, 15) is 4.79 Å². The molecule has 0 bridgehead atoms. The molecule has 3 aromatic heterocycles. The summed E-state index contributed by atoms with van der Waals surface area (Å²) in [5.74, 6) is 0.431. The maximum atomic E-state index is 12.5. The fourth-order valence-electron chi connectivity index (χ4n) is 4.02. The van der Waals surface area contributed by atoms with Crippen molar-refractivity contribution in [2.75, 3.05) is 16.4 Å². The number of hydrogen-bond donors (Lipinski definition) is 3. The molecular weight excluding hydrogens is 444 g/mol. The Morgan fingerprint density at radius 3 is 2.68 bits per heavy atom. The first-order chi connectivity index (χ1) is 16.7. The van der Waals surface area contributed by atoms with Gasteiger partial charge in [0.1, 0.15) is 11.3 Å². The number of thiazole rings is 1. The molecule has 0 aliphatic heterocycles. The van der Waals surface area contributed by atoms with Gasteiger partial charge in [0.25, 0.3) is 5.91 Å². The molecule has 5 aromatic rings. The number of amides is 1. The average Bonchev–Trinajstić information content (AvgIpc) is 3.45. The van der Waals surface area contributed by atoms with E-state index in [0.29, 0.717) is 22.9 Å². The monoisotopic (exact) mass is 466 g/mol. The standard InChI is InChI=1S/C26H22N6OS/c27-20-5-1-2-6-21(20)30-25(33)17-9-11-18(12-10-17)29-26-31-22(15-34-26)23-14-28-24-19(16-7-8-16)4-3-13-32(23)24/h1-6,9-16H,7-8,27H2,(H,29,31)(H,30,33). The number of nitrogens with two attached hydrogens (primary N) is 1. The van der Waals surface area contributed by atoms with Gasteiger partial charge in [-0.05, 0) is 66.8 Å². The Morgan fingerprint density at radius 1 is 1.06 bits per heavy atom. The van der Waals surface area contributed by atoms with Gasteiger partial charge >= 0.3 is 0 Å². The molecule has 3 heterocycles. The van der Waals surface area contributed by atoms with Crippen molar-refractivity contribution in [3.63, 3.8) is 0 Å². The topological polar surface area (TPSA) is 97.3 Å². The SMILES string of the molecule is Nc1ccccc1NC(=O)c1ccc(Nc2nc(-c3cnc4c(C5CC5)cccn34)cs2)cc1. The molecule has 0 spiro atoms. The molecule has 1 saturated carbocycles. The van der Waals surface area contributed by atoms with E-state index in [1.807, 2.05) is 42.0 Å². The molecule has 0 unspecified atom stereocenters. The van der Waals surface area contributed by atoms with E-state index in [-0.39, 0.29) is 5.91 Å². The summed E-state index contributed by atoms with van der Waals surface area (Å²) in [4.78, 5) is 22.0. The minimum absolute atomic E-state index is 0.209. The summed E-state index contributed by atoms with van der Waals surface area (Å²) in [6, 6.07) is 18.7. The van der Waals surface area contributed by atoms with Crippen LogP contribution in [0.5, 0.6) is 0 Å². The Kier molecular flexibility index (Phi) is 5.00. The lowest BCUT2D eigenvalue weighted by atomic mass is 10.2. The summed E-state index contributed by atoms with van der Waals surface area (Å²) < 4.78 is 2.12. The third kappa shape index (κ3) is 3.88. The van der Waals surface area contributed by atoms with Gasteiger partial charge in [-0.2, -0.15) is 0 Å². The van der Waals surface area contributed by atoms with Crippen LogP contribution in [-0.4, -0.2) is 20.3 Å². The molecule has 2 aromatic carbocycles. The smallest absolute Gasteiger partial charge is 0.255 e. The number of anilines is 4. The van der Waals surface area contributed by atoms with Crippen LogP contribution in [0.4, 0.5) is 22.2 Å². The molecule has 0 saturated heterocycles. The predicted octanol–water partition coefficient (Wildman–Crippen LogP) is 5.91. The van der Waals surface area contributed by atoms with E-state index >= 15 is 0 Å². The number of para-hydroxylation sites is 2. The van der Waals surface area contributed by atoms with Crippen LogP contribution >= 0.6 is 11.3 Å². The van der Waals surface area contributed by atoms with Crippen molar-refractivity contribution in [2.45, 2.75) is 18.8 Å². The first-order valence-corrected chi connectivity index (χ1v) is 12.0. The molecule has 6 rings (SSSR count). The zero-order valence-corrected chi connectivity index (χ0v) is 19.0. The summed E-state index contributed by atoms with van der Waals surface area (Å²) in [6.07, 6.45) is 6.43. The normalized spacial score (nSPS) is 13.2. The lowest BCUT2D eigenvalue weighted by Gasteiger charge is -2.08. The van der Waals surface area contributed by atoms with Gasteiger partial charge in [0.05, 0.1) is 23.3 Å². The van der Waals surface area contributed by atoms with Crippen molar-refractivity contribution < 1.29 is 4.79 Å². The fourth-order valence-corrected chi connectivity index (χ4v) is 4.74. The van der Waals surface area contributed by atoms with E-state index in [1.54, 1.807) is 24.3 Å². The summed E-state index contributed by atoms with van der Waals surface area (Å²) in [5, 5.41) is 8.97. The van der Waals surface area contributed by atoms with Crippen molar-refractivity contribution >= 4 is 45.1 Å². The van der Waals surface area contributed by atoms with Gasteiger partial charge in [0.2, 0.25) is 0 Å². The van der Waals surface area contributed by atoms with Gasteiger partial charge in [-0.15, -0.1) is 11.3 Å². The highest BCUT2D eigenvalue weighted by Crippen LogP contribution is 2.42. The second-order valence-electron chi connectivity index (χ2n) is 8.36. The quantitative estimate of drug-likeness (QED) is 0.270. The number of fused-ring (bicyclic) bond motifs is 1. The first-order valence-electron chi connectivity index (χ1n) is 11.1. The number of rotatable bonds is 6. The molecule has 4 N–H and O–H groups in total. The summed E-state index contributed by atoms with van der Waals surface area (Å²) >= 11 is 1.53. The van der Waals surface area contributed by atoms with Gasteiger partial charge in [-0.1, -0.05) is 18.2 Å². The van der Waals surface area contributed by atoms with E-state index in [2.05, 4.69) is 32.2 Å². The number of hydrogen-bond acceptors (Lipinski definition) is 6. The minimum Gasteiger partial charge on any atom is -0.397 e. The van der Waals surface area contributed by atoms with E-state index in [4.69, 9.17) is 10.7 Å². The van der Waals surface area contributed by atoms with Crippen LogP contribution in [0.25, 0.3) is 17.0 Å². The number of nitrogens with zero attached hydrogens (tertiary/aromatic N) is 3. The number of pyridine rings is 1. The lowest BCUT2D eigenvalue weighted by Crippen LogP contribution is -2.13. The summed E-state index contributed by atoms with van der Waals surface area (Å²) in [6.45, 7) is 0. The van der Waals surface area contributed by atoms with Crippen molar-refractivity contribution in [3.8, 4) is 11.4 Å². The molecule has 168 valence electrons. The highest BCUT2D eigenvalue weighted by atomic mass is 32.1. The Bertz CT molecular complexity index is 1500. The van der Waals surface area contributed by atoms with Crippen LogP contribution in [0.1, 0.15) is 34.7 Å². The maximum Gasteiger partial charge on any atom is 0.255 e. The molecule has 1 aliphatic carbocycles. The zero-order chi connectivity index (χ0) is 23.1. The van der Waals surface area contributed by atoms with Gasteiger partial charge in [-0.3, -0.25) is 9.20 Å². The van der Waals surface area contributed by atoms with Crippen molar-refractivity contribution in [1.82, 2.24) is 14.4 Å². The number of nitrogen functional groups attached to an aromatic ring is 1. The molecule has 1 fully saturated rings. The Balaban J connectivity index is 1.17. The number of carbonyl (C=O) groups excluding carboxylic acids is 1. The van der Waals surface area contributed by atoms with Gasteiger partial charge < -0.3 is 16.4 Å². The number of benzene rings is 2. The Labute approximate surface area is 200 Å². The lowest BCUT2D eigenvalue weighted by molar-refractivity contribution is 0.102. The number of aromatic nitrogens is 3. The van der Waals surface area contributed by atoms with Crippen LogP contribution in [0.3, 0.4) is 0 Å². The van der Waals surface area contributed by atoms with Crippen LogP contribution in [-0.2, 0) is 0 Å². The molecule has 8 heteroatoms. The molecule has 1 amide bonds. The van der Waals surface area contributed by atoms with Crippen molar-refractivity contribution in [3.05, 3.63) is 89.6 Å². The van der Waals surface area contributed by atoms with Gasteiger partial charge in [-0.25, -0.2) is 9.97 Å². The van der Waals surface area contributed by atoms with Crippen LogP contribution in [0.2, 0.25) is 0 Å². The van der Waals surface area contributed by atoms with E-state index < -0.39 is 0 Å². The third-order valence-corrected chi connectivity index (χ3v) is 6.71. The predicted molar refractivity (Wildman–Crippen MR) is 137 cm³/mol. The first kappa shape index (κ1) is 20.4. The molecule has 0 atom stereocenters. The highest BCUT2D eigenvalue weighted by molar-refractivity contribution is 7.14. The third-order valence-electron chi connectivity index (χ3n) is 5.96. The number of nitrogens with one attached hydrogen (secondary N) is 2. The molecule has 0 radical (unpaired) electrons. The van der Waals surface area contributed by atoms with Gasteiger partial charge in [0.15, 0.2) is 5.13 Å². The van der Waals surface area contributed by atoms with E-state index in [1.165, 1.54) is 29.7 Å². The minimum atomic E-state index is -0.209. The van der Waals surface area contributed by atoms with Crippen LogP contribution in [0.15, 0.2) is 78.4 Å². The maximum absolute atomic E-state index is 12.5. The second kappa shape index (κ2) is 8.31. The second-order valence-corrected chi connectivity index (χ2v) is 9.21. The van der Waals surface area contributed by atoms with Crippen LogP contribution in [0, 0.1) is 0 Å². The zero-order valence-electron chi connectivity index (χ0n) is 18.2. The van der Waals surface area contributed by atoms with Gasteiger partial charge in [0, 0.05) is 22.8 Å². The molecule has 34 heavy (non-hydrogen) atoms. The number of carbonyl (C=O) groups is 1. The van der Waals surface area contributed by atoms with Crippen LogP contribution < -0.4 is 16.4 Å². The highest BCUT2D eigenvalue weighted by Gasteiger charge is 2.26. The van der Waals surface area contributed by atoms with Crippen molar-refractivity contribution in [1.29, 1.82) is 0 Å². The molecular formula is C26H22N6OS. The van der Waals surface area contributed by atoms with Crippen molar-refractivity contribution in [2.24, 2.45) is 0 Å². The average molecular weight is 467 g/mol.